The van der Waals surface area contributed by atoms with E-state index in [9.17, 15) is 4.79 Å². The molecule has 1 aromatic carbocycles. The number of pyridine rings is 1. The molecule has 1 aromatic heterocycles. The van der Waals surface area contributed by atoms with Gasteiger partial charge in [0.2, 0.25) is 0 Å². The Labute approximate surface area is 173 Å². The summed E-state index contributed by atoms with van der Waals surface area (Å²) in [6, 6.07) is 13.8. The smallest absolute Gasteiger partial charge is 0.272 e. The number of benzene rings is 1. The molecule has 29 heavy (non-hydrogen) atoms. The molecular weight excluding hydrogens is 364 g/mol. The summed E-state index contributed by atoms with van der Waals surface area (Å²) in [7, 11) is 2.15. The van der Waals surface area contributed by atoms with Gasteiger partial charge in [-0.15, -0.1) is 0 Å². The van der Waals surface area contributed by atoms with E-state index in [1.807, 2.05) is 41.3 Å². The Morgan fingerprint density at radius 1 is 1.07 bits per heavy atom. The normalized spacial score (nSPS) is 20.6. The summed E-state index contributed by atoms with van der Waals surface area (Å²) in [6.45, 7) is 7.40. The number of amides is 1. The lowest BCUT2D eigenvalue weighted by Crippen LogP contribution is -2.33. The van der Waals surface area contributed by atoms with Crippen LogP contribution in [-0.2, 0) is 0 Å². The van der Waals surface area contributed by atoms with Gasteiger partial charge in [-0.2, -0.15) is 0 Å². The van der Waals surface area contributed by atoms with Crippen molar-refractivity contribution >= 4 is 11.7 Å². The Kier molecular flexibility index (Phi) is 6.00. The molecule has 3 heterocycles. The van der Waals surface area contributed by atoms with E-state index in [1.165, 1.54) is 5.56 Å². The van der Waals surface area contributed by atoms with E-state index in [0.717, 1.165) is 50.6 Å². The molecule has 0 spiro atoms. The largest absolute Gasteiger partial charge is 0.489 e. The topological polar surface area (TPSA) is 48.9 Å². The van der Waals surface area contributed by atoms with Crippen LogP contribution in [0.4, 0.5) is 5.82 Å². The van der Waals surface area contributed by atoms with Crippen molar-refractivity contribution < 1.29 is 9.53 Å². The molecule has 2 saturated heterocycles. The molecule has 0 radical (unpaired) electrons. The first-order valence-corrected chi connectivity index (χ1v) is 10.5. The molecule has 0 unspecified atom stereocenters. The van der Waals surface area contributed by atoms with Crippen LogP contribution >= 0.6 is 0 Å². The second-order valence-corrected chi connectivity index (χ2v) is 8.12. The number of likely N-dealkylation sites (tertiary alicyclic amines) is 1. The van der Waals surface area contributed by atoms with Crippen molar-refractivity contribution in [3.8, 4) is 5.75 Å². The summed E-state index contributed by atoms with van der Waals surface area (Å²) in [5, 5.41) is 0. The third-order valence-electron chi connectivity index (χ3n) is 5.72. The van der Waals surface area contributed by atoms with Crippen LogP contribution in [0.5, 0.6) is 5.75 Å². The third-order valence-corrected chi connectivity index (χ3v) is 5.72. The third kappa shape index (κ3) is 4.88. The van der Waals surface area contributed by atoms with Gasteiger partial charge in [0.1, 0.15) is 23.4 Å². The van der Waals surface area contributed by atoms with E-state index in [1.54, 1.807) is 0 Å². The maximum Gasteiger partial charge on any atom is 0.272 e. The Balaban J connectivity index is 1.39. The first-order valence-electron chi connectivity index (χ1n) is 10.5. The van der Waals surface area contributed by atoms with E-state index >= 15 is 0 Å². The number of anilines is 1. The highest BCUT2D eigenvalue weighted by Crippen LogP contribution is 2.21. The van der Waals surface area contributed by atoms with Crippen LogP contribution in [0.15, 0.2) is 42.5 Å². The molecule has 0 N–H and O–H groups in total. The number of hydrogen-bond donors (Lipinski definition) is 0. The molecule has 0 bridgehead atoms. The summed E-state index contributed by atoms with van der Waals surface area (Å²) < 4.78 is 6.09. The standard InChI is InChI=1S/C23H30N4O2/c1-18-6-3-7-19(16-18)29-20-10-13-27(17-20)23(28)21-8-4-9-22(24-21)26-12-5-11-25(2)14-15-26/h3-4,6-9,16,20H,5,10-15,17H2,1-2H3/t20-/m0/s1. The highest BCUT2D eigenvalue weighted by molar-refractivity contribution is 5.93. The zero-order valence-electron chi connectivity index (χ0n) is 17.4. The fraction of sp³-hybridized carbons (Fsp3) is 0.478. The van der Waals surface area contributed by atoms with E-state index in [4.69, 9.17) is 9.72 Å². The average molecular weight is 395 g/mol. The van der Waals surface area contributed by atoms with Gasteiger partial charge in [-0.1, -0.05) is 18.2 Å². The van der Waals surface area contributed by atoms with Crippen LogP contribution in [0.2, 0.25) is 0 Å². The number of carbonyl (C=O) groups excluding carboxylic acids is 1. The second-order valence-electron chi connectivity index (χ2n) is 8.12. The van der Waals surface area contributed by atoms with Crippen LogP contribution in [0.1, 0.15) is 28.9 Å². The average Bonchev–Trinajstić information content (AvgIpc) is 3.07. The lowest BCUT2D eigenvalue weighted by molar-refractivity contribution is 0.0766. The van der Waals surface area contributed by atoms with Crippen molar-refractivity contribution in [2.24, 2.45) is 0 Å². The van der Waals surface area contributed by atoms with Crippen LogP contribution in [-0.4, -0.2) is 73.1 Å². The zero-order chi connectivity index (χ0) is 20.2. The predicted octanol–water partition coefficient (Wildman–Crippen LogP) is 2.83. The Bertz CT molecular complexity index is 856. The quantitative estimate of drug-likeness (QED) is 0.798. The summed E-state index contributed by atoms with van der Waals surface area (Å²) >= 11 is 0. The number of carbonyl (C=O) groups is 1. The number of nitrogens with zero attached hydrogens (tertiary/aromatic N) is 4. The summed E-state index contributed by atoms with van der Waals surface area (Å²) in [6.07, 6.45) is 1.99. The molecule has 154 valence electrons. The van der Waals surface area contributed by atoms with Crippen LogP contribution < -0.4 is 9.64 Å². The van der Waals surface area contributed by atoms with E-state index in [0.29, 0.717) is 18.8 Å². The predicted molar refractivity (Wildman–Crippen MR) is 115 cm³/mol. The Hall–Kier alpha value is -2.60. The van der Waals surface area contributed by atoms with Crippen molar-refractivity contribution in [3.63, 3.8) is 0 Å². The Morgan fingerprint density at radius 2 is 1.93 bits per heavy atom. The minimum atomic E-state index is -0.00543. The maximum absolute atomic E-state index is 13.0. The maximum atomic E-state index is 13.0. The first-order chi connectivity index (χ1) is 14.1. The van der Waals surface area contributed by atoms with E-state index in [-0.39, 0.29) is 12.0 Å². The SMILES string of the molecule is Cc1cccc(O[C@H]2CCN(C(=O)c3cccc(N4CCCN(C)CC4)n3)C2)c1. The fourth-order valence-corrected chi connectivity index (χ4v) is 4.05. The molecular formula is C23H30N4O2. The first kappa shape index (κ1) is 19.7. The molecule has 2 aliphatic heterocycles. The number of rotatable bonds is 4. The number of likely N-dealkylation sites (N-methyl/N-ethyl adjacent to an activating group) is 1. The van der Waals surface area contributed by atoms with Crippen molar-refractivity contribution in [2.75, 3.05) is 51.2 Å². The van der Waals surface area contributed by atoms with Crippen molar-refractivity contribution in [2.45, 2.75) is 25.9 Å². The minimum absolute atomic E-state index is 0.00543. The summed E-state index contributed by atoms with van der Waals surface area (Å²) in [5.74, 6) is 1.77. The van der Waals surface area contributed by atoms with E-state index in [2.05, 4.69) is 29.8 Å². The molecule has 1 atom stereocenters. The number of aryl methyl sites for hydroxylation is 1. The number of ether oxygens (including phenoxy) is 1. The van der Waals surface area contributed by atoms with Gasteiger partial charge in [0.15, 0.2) is 0 Å². The number of aromatic nitrogens is 1. The second kappa shape index (κ2) is 8.82. The number of hydrogen-bond acceptors (Lipinski definition) is 5. The van der Waals surface area contributed by atoms with Crippen LogP contribution in [0, 0.1) is 6.92 Å². The van der Waals surface area contributed by atoms with Gasteiger partial charge >= 0.3 is 0 Å². The minimum Gasteiger partial charge on any atom is -0.489 e. The highest BCUT2D eigenvalue weighted by Gasteiger charge is 2.29. The van der Waals surface area contributed by atoms with Crippen molar-refractivity contribution in [1.82, 2.24) is 14.8 Å². The molecule has 0 aliphatic carbocycles. The van der Waals surface area contributed by atoms with Crippen molar-refractivity contribution in [1.29, 1.82) is 0 Å². The molecule has 4 rings (SSSR count). The van der Waals surface area contributed by atoms with Crippen LogP contribution in [0.3, 0.4) is 0 Å². The molecule has 2 aromatic rings. The van der Waals surface area contributed by atoms with Crippen molar-refractivity contribution in [3.05, 3.63) is 53.7 Å². The van der Waals surface area contributed by atoms with E-state index < -0.39 is 0 Å². The van der Waals surface area contributed by atoms with Gasteiger partial charge in [-0.25, -0.2) is 4.98 Å². The van der Waals surface area contributed by atoms with Gasteiger partial charge in [-0.05, 0) is 56.8 Å². The van der Waals surface area contributed by atoms with Gasteiger partial charge < -0.3 is 19.4 Å². The zero-order valence-corrected chi connectivity index (χ0v) is 17.4. The summed E-state index contributed by atoms with van der Waals surface area (Å²) in [4.78, 5) is 24.2. The lowest BCUT2D eigenvalue weighted by atomic mass is 10.2. The molecule has 2 aliphatic rings. The van der Waals surface area contributed by atoms with Crippen LogP contribution in [0.25, 0.3) is 0 Å². The fourth-order valence-electron chi connectivity index (χ4n) is 4.05. The molecule has 6 heteroatoms. The molecule has 0 saturated carbocycles. The Morgan fingerprint density at radius 3 is 2.79 bits per heavy atom. The summed E-state index contributed by atoms with van der Waals surface area (Å²) in [5.41, 5.74) is 1.70. The molecule has 6 nitrogen and oxygen atoms in total. The van der Waals surface area contributed by atoms with Gasteiger partial charge in [-0.3, -0.25) is 4.79 Å². The lowest BCUT2D eigenvalue weighted by Gasteiger charge is -2.23. The van der Waals surface area contributed by atoms with Gasteiger partial charge in [0.25, 0.3) is 5.91 Å². The molecule has 1 amide bonds. The highest BCUT2D eigenvalue weighted by atomic mass is 16.5. The van der Waals surface area contributed by atoms with Gasteiger partial charge in [0.05, 0.1) is 6.54 Å². The monoisotopic (exact) mass is 394 g/mol. The molecule has 2 fully saturated rings. The van der Waals surface area contributed by atoms with Gasteiger partial charge in [0, 0.05) is 32.6 Å².